The van der Waals surface area contributed by atoms with E-state index >= 15 is 35.1 Å². The number of benzene rings is 12. The van der Waals surface area contributed by atoms with E-state index in [4.69, 9.17) is 11.5 Å². The molecular formula is C74H46BClF20N2P2Ru. The molecule has 1 aliphatic carbocycles. The summed E-state index contributed by atoms with van der Waals surface area (Å²) in [5.74, 6) is -71.4. The maximum Gasteiger partial charge on any atom is 2.00 e. The van der Waals surface area contributed by atoms with E-state index in [1.807, 2.05) is 0 Å². The molecular weight excluding hydrogens is 1510 g/mol. The van der Waals surface area contributed by atoms with Crippen LogP contribution in [0.3, 0.4) is 0 Å². The molecule has 2 atom stereocenters. The van der Waals surface area contributed by atoms with Crippen molar-refractivity contribution in [2.24, 2.45) is 11.5 Å². The van der Waals surface area contributed by atoms with Gasteiger partial charge in [0.1, 0.15) is 52.7 Å². The molecule has 0 aromatic heterocycles. The normalized spacial score (nSPS) is 13.7. The summed E-state index contributed by atoms with van der Waals surface area (Å²) in [5, 5.41) is 13.3. The van der Waals surface area contributed by atoms with E-state index in [-0.39, 0.29) is 44.0 Å². The van der Waals surface area contributed by atoms with E-state index in [2.05, 4.69) is 194 Å². The molecule has 0 saturated heterocycles. The van der Waals surface area contributed by atoms with Gasteiger partial charge in [0.15, 0.2) is 69.8 Å². The molecule has 1 fully saturated rings. The predicted molar refractivity (Wildman–Crippen MR) is 348 cm³/mol. The van der Waals surface area contributed by atoms with Gasteiger partial charge in [-0.15, -0.1) is 21.9 Å². The summed E-state index contributed by atoms with van der Waals surface area (Å²) < 4.78 is 294. The van der Waals surface area contributed by atoms with Crippen molar-refractivity contribution in [2.45, 2.75) is 37.8 Å². The molecule has 0 amide bonds. The zero-order valence-corrected chi connectivity index (χ0v) is 55.7. The number of halogens is 21. The molecule has 2 nitrogen and oxygen atoms in total. The summed E-state index contributed by atoms with van der Waals surface area (Å²) in [4.78, 5) is 0. The molecule has 0 aliphatic heterocycles. The van der Waals surface area contributed by atoms with Gasteiger partial charge in [0.25, 0.3) is 0 Å². The van der Waals surface area contributed by atoms with E-state index in [1.165, 1.54) is 77.3 Å². The molecule has 27 heteroatoms. The van der Waals surface area contributed by atoms with Gasteiger partial charge in [0.2, 0.25) is 0 Å². The Labute approximate surface area is 584 Å². The third kappa shape index (κ3) is 13.8. The molecule has 2 unspecified atom stereocenters. The summed E-state index contributed by atoms with van der Waals surface area (Å²) in [5.41, 5.74) is -0.323. The predicted octanol–water partition coefficient (Wildman–Crippen LogP) is 12.2. The van der Waals surface area contributed by atoms with Crippen LogP contribution in [0, 0.1) is 116 Å². The molecule has 1 aliphatic rings. The van der Waals surface area contributed by atoms with Gasteiger partial charge in [0, 0.05) is 12.1 Å². The fourth-order valence-corrected chi connectivity index (χ4v) is 17.6. The molecule has 4 N–H and O–H groups in total. The SMILES string of the molecule is Fc1c(F)c(F)c([B-](c2c(F)c(F)c(F)c(F)c2F)(c2c(F)c(F)c(F)c(F)c2F)c2c(F)c(F)c(F)c(F)c2F)c(F)c1F.NC1CCCCC1N.[Cl-].[Ru+2].c1ccc(P(c2ccccc2)c2ccc3ccccc3c2-c2c(P(c3ccccc3)c3ccccc3)ccc3ccccc23)cc1. The van der Waals surface area contributed by atoms with Gasteiger partial charge in [-0.2, -0.15) is 0 Å². The summed E-state index contributed by atoms with van der Waals surface area (Å²) in [6.45, 7) is 0. The van der Waals surface area contributed by atoms with Gasteiger partial charge < -0.3 is 23.9 Å². The van der Waals surface area contributed by atoms with Crippen molar-refractivity contribution >= 4 is 97.2 Å². The first-order valence-electron chi connectivity index (χ1n) is 30.0. The number of fused-ring (bicyclic) bond motifs is 2. The summed E-state index contributed by atoms with van der Waals surface area (Å²) in [6, 6.07) is 72.4. The van der Waals surface area contributed by atoms with Gasteiger partial charge in [-0.05, 0) is 93.2 Å². The summed E-state index contributed by atoms with van der Waals surface area (Å²) >= 11 is 0. The minimum absolute atomic E-state index is 0. The van der Waals surface area contributed by atoms with Crippen molar-refractivity contribution in [1.82, 2.24) is 0 Å². The van der Waals surface area contributed by atoms with Crippen molar-refractivity contribution in [1.29, 1.82) is 0 Å². The van der Waals surface area contributed by atoms with Gasteiger partial charge in [-0.1, -0.05) is 207 Å². The molecule has 1 saturated carbocycles. The van der Waals surface area contributed by atoms with Crippen LogP contribution in [0.15, 0.2) is 194 Å². The Kier molecular flexibility index (Phi) is 24.2. The van der Waals surface area contributed by atoms with Crippen molar-refractivity contribution in [3.05, 3.63) is 310 Å². The molecule has 0 bridgehead atoms. The van der Waals surface area contributed by atoms with Crippen molar-refractivity contribution in [3.63, 3.8) is 0 Å². The first-order chi connectivity index (χ1) is 47.4. The quantitative estimate of drug-likeness (QED) is 0.0446. The van der Waals surface area contributed by atoms with E-state index in [9.17, 15) is 52.7 Å². The Morgan fingerprint density at radius 1 is 0.257 bits per heavy atom. The molecule has 0 heterocycles. The van der Waals surface area contributed by atoms with Crippen LogP contribution in [0.25, 0.3) is 32.7 Å². The number of nitrogens with two attached hydrogens (primary N) is 2. The average Bonchev–Trinajstić information content (AvgIpc) is 0.682. The first-order valence-corrected chi connectivity index (χ1v) is 32.6. The fraction of sp³-hybridized carbons (Fsp3) is 0.0811. The van der Waals surface area contributed by atoms with Crippen LogP contribution < -0.4 is 77.6 Å². The largest absolute Gasteiger partial charge is 2.00 e. The van der Waals surface area contributed by atoms with E-state index in [1.54, 1.807) is 0 Å². The monoisotopic (exact) mass is 1550 g/mol. The fourth-order valence-electron chi connectivity index (χ4n) is 12.6. The Morgan fingerprint density at radius 3 is 0.673 bits per heavy atom. The smallest absolute Gasteiger partial charge is 1.00 e. The number of hydrogen-bond acceptors (Lipinski definition) is 2. The Balaban J connectivity index is 0.000000208. The average molecular weight is 1550 g/mol. The topological polar surface area (TPSA) is 52.0 Å². The van der Waals surface area contributed by atoms with Crippen LogP contribution in [-0.2, 0) is 19.5 Å². The maximum atomic E-state index is 15.4. The van der Waals surface area contributed by atoms with E-state index in [0.29, 0.717) is 0 Å². The van der Waals surface area contributed by atoms with Crippen LogP contribution in [-0.4, -0.2) is 18.2 Å². The van der Waals surface area contributed by atoms with Gasteiger partial charge in [-0.3, -0.25) is 0 Å². The van der Waals surface area contributed by atoms with E-state index < -0.39 is 160 Å². The summed E-state index contributed by atoms with van der Waals surface area (Å²) in [7, 11) is -1.70. The minimum atomic E-state index is -7.22. The molecule has 101 heavy (non-hydrogen) atoms. The number of rotatable bonds is 11. The third-order valence-corrected chi connectivity index (χ3v) is 22.2. The van der Waals surface area contributed by atoms with Crippen LogP contribution >= 0.6 is 15.8 Å². The Hall–Kier alpha value is -8.48. The second-order valence-corrected chi connectivity index (χ2v) is 27.2. The molecule has 12 aromatic carbocycles. The maximum absolute atomic E-state index is 15.4. The number of hydrogen-bond donors (Lipinski definition) is 2. The molecule has 0 radical (unpaired) electrons. The van der Waals surface area contributed by atoms with Crippen LogP contribution in [0.1, 0.15) is 25.7 Å². The third-order valence-electron chi connectivity index (χ3n) is 17.2. The van der Waals surface area contributed by atoms with E-state index in [0.717, 1.165) is 12.8 Å². The Bertz CT molecular complexity index is 4420. The Morgan fingerprint density at radius 2 is 0.455 bits per heavy atom. The zero-order chi connectivity index (χ0) is 71.0. The molecule has 0 spiro atoms. The van der Waals surface area contributed by atoms with Crippen molar-refractivity contribution < 1.29 is 120 Å². The van der Waals surface area contributed by atoms with Crippen molar-refractivity contribution in [2.75, 3.05) is 0 Å². The molecule has 520 valence electrons. The zero-order valence-electron chi connectivity index (χ0n) is 51.4. The second-order valence-electron chi connectivity index (χ2n) is 22.8. The van der Waals surface area contributed by atoms with Gasteiger partial charge in [0.05, 0.1) is 0 Å². The molecule has 13 rings (SSSR count). The van der Waals surface area contributed by atoms with Crippen molar-refractivity contribution in [3.8, 4) is 11.1 Å². The van der Waals surface area contributed by atoms with Crippen LogP contribution in [0.5, 0.6) is 0 Å². The summed E-state index contributed by atoms with van der Waals surface area (Å²) in [6.07, 6.45) is -2.42. The molecule has 12 aromatic rings. The standard InChI is InChI=1S/C44H32P2.C24BF20.C6H14N2.ClH.Ru/c1-5-19-35(20-6-1)45(36-21-7-2-8-22-36)41-31-29-33-17-13-15-27-39(33)43(41)44-40-28-16-14-18-34(40)30-32-42(44)46(37-23-9-3-10-24-37)38-25-11-4-12-26-38;26-5-1(6(27)14(35)21(42)13(5)34)25(2-7(28)15(36)22(43)16(37)8(2)29,3-9(30)17(38)23(44)18(39)10(3)31)4-11(32)19(40)24(45)20(41)12(4)33;7-5-3-1-2-4-6(5)8;;/h1-32H;;5-6H,1-4,7-8H2;1H;/q;-1;;;+2/p-1. The first kappa shape index (κ1) is 76.7. The van der Waals surface area contributed by atoms with Crippen LogP contribution in [0.2, 0.25) is 0 Å². The van der Waals surface area contributed by atoms with Gasteiger partial charge in [-0.25, -0.2) is 87.8 Å². The second kappa shape index (κ2) is 31.8. The van der Waals surface area contributed by atoms with Crippen LogP contribution in [0.4, 0.5) is 87.8 Å². The minimum Gasteiger partial charge on any atom is -1.00 e. The van der Waals surface area contributed by atoms with Gasteiger partial charge >= 0.3 is 19.5 Å².